The minimum atomic E-state index is -0.854. The number of hydrogen-bond donors (Lipinski definition) is 1. The fraction of sp³-hybridized carbons (Fsp3) is 0.462. The number of ether oxygens (including phenoxy) is 1. The van der Waals surface area contributed by atoms with Gasteiger partial charge in [0.15, 0.2) is 0 Å². The molecule has 1 unspecified atom stereocenters. The average molecular weight is 314 g/mol. The molecule has 5 heteroatoms. The predicted molar refractivity (Wildman–Crippen MR) is 71.5 cm³/mol. The van der Waals surface area contributed by atoms with Crippen LogP contribution in [0.1, 0.15) is 11.6 Å². The van der Waals surface area contributed by atoms with Gasteiger partial charge in [0, 0.05) is 4.47 Å². The third-order valence-corrected chi connectivity index (χ3v) is 4.11. The van der Waals surface area contributed by atoms with E-state index < -0.39 is 11.4 Å². The van der Waals surface area contributed by atoms with Gasteiger partial charge in [-0.25, -0.2) is 0 Å². The van der Waals surface area contributed by atoms with Crippen molar-refractivity contribution in [1.29, 1.82) is 0 Å². The van der Waals surface area contributed by atoms with Gasteiger partial charge in [-0.3, -0.25) is 4.79 Å². The summed E-state index contributed by atoms with van der Waals surface area (Å²) in [6.45, 7) is 0.513. The molecule has 1 fully saturated rings. The number of halogens is 1. The first kappa shape index (κ1) is 13.5. The van der Waals surface area contributed by atoms with E-state index in [2.05, 4.69) is 15.9 Å². The van der Waals surface area contributed by atoms with E-state index in [4.69, 9.17) is 4.74 Å². The molecule has 0 spiro atoms. The second-order valence-electron chi connectivity index (χ2n) is 4.84. The molecule has 0 aromatic heterocycles. The lowest BCUT2D eigenvalue weighted by Crippen LogP contribution is -2.56. The Bertz CT molecular complexity index is 457. The summed E-state index contributed by atoms with van der Waals surface area (Å²) in [5.41, 5.74) is 0.126. The Balaban J connectivity index is 2.47. The number of aliphatic carboxylic acids is 1. The highest BCUT2D eigenvalue weighted by atomic mass is 79.9. The first-order valence-electron chi connectivity index (χ1n) is 5.71. The van der Waals surface area contributed by atoms with Gasteiger partial charge >= 0.3 is 5.97 Å². The largest absolute Gasteiger partial charge is 0.481 e. The number of rotatable bonds is 4. The molecule has 0 saturated carbocycles. The summed E-state index contributed by atoms with van der Waals surface area (Å²) in [5, 5.41) is 9.53. The Morgan fingerprint density at radius 1 is 1.44 bits per heavy atom. The van der Waals surface area contributed by atoms with Crippen LogP contribution in [0.25, 0.3) is 0 Å². The van der Waals surface area contributed by atoms with Crippen molar-refractivity contribution in [3.05, 3.63) is 34.3 Å². The van der Waals surface area contributed by atoms with Crippen LogP contribution in [0, 0.1) is 5.41 Å². The minimum Gasteiger partial charge on any atom is -0.481 e. The van der Waals surface area contributed by atoms with Gasteiger partial charge in [0.05, 0.1) is 19.3 Å². The summed E-state index contributed by atoms with van der Waals surface area (Å²) in [6.07, 6.45) is 0. The maximum Gasteiger partial charge on any atom is 0.316 e. The second-order valence-corrected chi connectivity index (χ2v) is 5.70. The molecule has 1 saturated heterocycles. The van der Waals surface area contributed by atoms with Crippen LogP contribution in [0.5, 0.6) is 0 Å². The fourth-order valence-corrected chi connectivity index (χ4v) is 2.99. The molecule has 0 radical (unpaired) electrons. The van der Waals surface area contributed by atoms with E-state index in [1.165, 1.54) is 0 Å². The first-order chi connectivity index (χ1) is 8.49. The Morgan fingerprint density at radius 2 is 2.06 bits per heavy atom. The summed E-state index contributed by atoms with van der Waals surface area (Å²) in [4.78, 5) is 13.6. The smallest absolute Gasteiger partial charge is 0.316 e. The van der Waals surface area contributed by atoms with Crippen LogP contribution in [0.2, 0.25) is 0 Å². The molecule has 1 N–H and O–H groups in total. The Hall–Kier alpha value is -0.910. The molecular formula is C13H16BrNO3. The molecule has 0 bridgehead atoms. The third-order valence-electron chi connectivity index (χ3n) is 3.38. The lowest BCUT2D eigenvalue weighted by Gasteiger charge is -2.46. The Labute approximate surface area is 115 Å². The summed E-state index contributed by atoms with van der Waals surface area (Å²) in [6, 6.07) is 7.52. The van der Waals surface area contributed by atoms with Crippen LogP contribution in [-0.2, 0) is 9.53 Å². The maximum absolute atomic E-state index is 11.6. The molecule has 1 aliphatic rings. The van der Waals surface area contributed by atoms with Crippen molar-refractivity contribution in [3.8, 4) is 0 Å². The summed E-state index contributed by atoms with van der Waals surface area (Å²) < 4.78 is 6.10. The van der Waals surface area contributed by atoms with Gasteiger partial charge in [-0.1, -0.05) is 34.1 Å². The highest BCUT2D eigenvalue weighted by Gasteiger charge is 2.54. The van der Waals surface area contributed by atoms with E-state index in [-0.39, 0.29) is 19.3 Å². The molecule has 1 heterocycles. The average Bonchev–Trinajstić information content (AvgIpc) is 2.23. The molecule has 98 valence electrons. The van der Waals surface area contributed by atoms with Crippen molar-refractivity contribution in [3.63, 3.8) is 0 Å². The number of carboxylic acid groups (broad SMARTS) is 1. The summed E-state index contributed by atoms with van der Waals surface area (Å²) in [7, 11) is 3.79. The molecule has 4 nitrogen and oxygen atoms in total. The summed E-state index contributed by atoms with van der Waals surface area (Å²) in [5.74, 6) is -0.803. The molecular weight excluding hydrogens is 298 g/mol. The maximum atomic E-state index is 11.6. The number of hydrogen-bond acceptors (Lipinski definition) is 3. The zero-order chi connectivity index (χ0) is 13.3. The number of benzene rings is 1. The quantitative estimate of drug-likeness (QED) is 0.925. The normalized spacial score (nSPS) is 19.3. The van der Waals surface area contributed by atoms with Gasteiger partial charge < -0.3 is 14.7 Å². The highest BCUT2D eigenvalue weighted by Crippen LogP contribution is 2.45. The van der Waals surface area contributed by atoms with Crippen molar-refractivity contribution in [2.45, 2.75) is 6.04 Å². The van der Waals surface area contributed by atoms with Gasteiger partial charge in [-0.05, 0) is 25.7 Å². The third kappa shape index (κ3) is 2.06. The molecule has 18 heavy (non-hydrogen) atoms. The SMILES string of the molecule is CN(C)C(c1ccccc1Br)C1(C(=O)O)COC1. The van der Waals surface area contributed by atoms with Crippen LogP contribution in [0.4, 0.5) is 0 Å². The van der Waals surface area contributed by atoms with Crippen molar-refractivity contribution < 1.29 is 14.6 Å². The van der Waals surface area contributed by atoms with E-state index in [0.29, 0.717) is 0 Å². The van der Waals surface area contributed by atoms with Crippen LogP contribution in [0.15, 0.2) is 28.7 Å². The van der Waals surface area contributed by atoms with E-state index >= 15 is 0 Å². The monoisotopic (exact) mass is 313 g/mol. The van der Waals surface area contributed by atoms with Crippen molar-refractivity contribution in [2.75, 3.05) is 27.3 Å². The van der Waals surface area contributed by atoms with Crippen molar-refractivity contribution >= 4 is 21.9 Å². The molecule has 1 atom stereocenters. The molecule has 1 aromatic carbocycles. The van der Waals surface area contributed by atoms with Gasteiger partial charge in [0.1, 0.15) is 5.41 Å². The molecule has 1 aliphatic heterocycles. The molecule has 1 aromatic rings. The Kier molecular flexibility index (Phi) is 3.75. The number of nitrogens with zero attached hydrogens (tertiary/aromatic N) is 1. The summed E-state index contributed by atoms with van der Waals surface area (Å²) >= 11 is 3.50. The second kappa shape index (κ2) is 4.99. The van der Waals surface area contributed by atoms with E-state index in [9.17, 15) is 9.90 Å². The minimum absolute atomic E-state index is 0.209. The Morgan fingerprint density at radius 3 is 2.44 bits per heavy atom. The fourth-order valence-electron chi connectivity index (χ4n) is 2.49. The lowest BCUT2D eigenvalue weighted by atomic mass is 9.74. The van der Waals surface area contributed by atoms with Gasteiger partial charge in [-0.15, -0.1) is 0 Å². The predicted octanol–water partition coefficient (Wildman–Crippen LogP) is 2.15. The van der Waals surface area contributed by atoms with Crippen LogP contribution >= 0.6 is 15.9 Å². The van der Waals surface area contributed by atoms with Crippen LogP contribution in [0.3, 0.4) is 0 Å². The lowest BCUT2D eigenvalue weighted by molar-refractivity contribution is -0.194. The van der Waals surface area contributed by atoms with E-state index in [1.807, 2.05) is 43.3 Å². The zero-order valence-electron chi connectivity index (χ0n) is 10.4. The topological polar surface area (TPSA) is 49.8 Å². The first-order valence-corrected chi connectivity index (χ1v) is 6.50. The molecule has 0 aliphatic carbocycles. The van der Waals surface area contributed by atoms with Gasteiger partial charge in [-0.2, -0.15) is 0 Å². The zero-order valence-corrected chi connectivity index (χ0v) is 12.0. The number of carboxylic acids is 1. The van der Waals surface area contributed by atoms with Gasteiger partial charge in [0.25, 0.3) is 0 Å². The molecule has 0 amide bonds. The highest BCUT2D eigenvalue weighted by molar-refractivity contribution is 9.10. The molecule has 2 rings (SSSR count). The van der Waals surface area contributed by atoms with Crippen molar-refractivity contribution in [2.24, 2.45) is 5.41 Å². The van der Waals surface area contributed by atoms with E-state index in [0.717, 1.165) is 10.0 Å². The van der Waals surface area contributed by atoms with Crippen LogP contribution in [-0.4, -0.2) is 43.3 Å². The van der Waals surface area contributed by atoms with Crippen LogP contribution < -0.4 is 0 Å². The van der Waals surface area contributed by atoms with E-state index in [1.54, 1.807) is 0 Å². The number of carbonyl (C=O) groups is 1. The van der Waals surface area contributed by atoms with Gasteiger partial charge in [0.2, 0.25) is 0 Å². The van der Waals surface area contributed by atoms with Crippen molar-refractivity contribution in [1.82, 2.24) is 4.90 Å². The standard InChI is InChI=1S/C13H16BrNO3/c1-15(2)11(9-5-3-4-6-10(9)14)13(12(16)17)7-18-8-13/h3-6,11H,7-8H2,1-2H3,(H,16,17).